The molecule has 0 aliphatic heterocycles. The average molecular weight is 223 g/mol. The van der Waals surface area contributed by atoms with Gasteiger partial charge in [-0.3, -0.25) is 4.98 Å². The Hall–Kier alpha value is -2.16. The highest BCUT2D eigenvalue weighted by molar-refractivity contribution is 5.81. The summed E-state index contributed by atoms with van der Waals surface area (Å²) >= 11 is 0. The van der Waals surface area contributed by atoms with Gasteiger partial charge in [0.1, 0.15) is 5.82 Å². The Bertz CT molecular complexity index is 650. The van der Waals surface area contributed by atoms with Gasteiger partial charge in [0, 0.05) is 24.0 Å². The van der Waals surface area contributed by atoms with Crippen LogP contribution in [0.2, 0.25) is 0 Å². The average Bonchev–Trinajstić information content (AvgIpc) is 2.76. The quantitative estimate of drug-likeness (QED) is 0.668. The maximum atomic E-state index is 4.46. The van der Waals surface area contributed by atoms with Gasteiger partial charge in [0.05, 0.1) is 12.1 Å². The van der Waals surface area contributed by atoms with Crippen LogP contribution in [0.3, 0.4) is 0 Å². The van der Waals surface area contributed by atoms with Crippen LogP contribution >= 0.6 is 0 Å². The van der Waals surface area contributed by atoms with Crippen molar-refractivity contribution < 1.29 is 0 Å². The van der Waals surface area contributed by atoms with Crippen LogP contribution in [0.25, 0.3) is 10.9 Å². The van der Waals surface area contributed by atoms with E-state index in [9.17, 15) is 0 Å². The molecule has 0 aliphatic rings. The minimum Gasteiger partial charge on any atom is -0.331 e. The van der Waals surface area contributed by atoms with Crippen LogP contribution < -0.4 is 0 Å². The molecular weight excluding hydrogens is 210 g/mol. The fourth-order valence-electron chi connectivity index (χ4n) is 2.05. The Kier molecular flexibility index (Phi) is 2.37. The molecule has 0 spiro atoms. The number of para-hydroxylation sites is 1. The highest BCUT2D eigenvalue weighted by Gasteiger charge is 2.03. The first-order chi connectivity index (χ1) is 8.34. The zero-order valence-corrected chi connectivity index (χ0v) is 9.67. The van der Waals surface area contributed by atoms with Crippen molar-refractivity contribution in [2.45, 2.75) is 13.5 Å². The molecule has 0 amide bonds. The van der Waals surface area contributed by atoms with Crippen molar-refractivity contribution in [3.63, 3.8) is 0 Å². The van der Waals surface area contributed by atoms with E-state index >= 15 is 0 Å². The third-order valence-electron chi connectivity index (χ3n) is 2.98. The van der Waals surface area contributed by atoms with Crippen molar-refractivity contribution in [1.82, 2.24) is 14.5 Å². The molecule has 1 aromatic carbocycles. The molecule has 3 heteroatoms. The lowest BCUT2D eigenvalue weighted by Gasteiger charge is -2.07. The molecule has 0 radical (unpaired) electrons. The number of benzene rings is 1. The third kappa shape index (κ3) is 1.80. The van der Waals surface area contributed by atoms with Gasteiger partial charge in [-0.15, -0.1) is 0 Å². The van der Waals surface area contributed by atoms with Crippen LogP contribution in [0.15, 0.2) is 48.9 Å². The van der Waals surface area contributed by atoms with Crippen LogP contribution in [0.4, 0.5) is 0 Å². The van der Waals surface area contributed by atoms with E-state index in [1.54, 1.807) is 0 Å². The van der Waals surface area contributed by atoms with Gasteiger partial charge < -0.3 is 4.57 Å². The fourth-order valence-corrected chi connectivity index (χ4v) is 2.05. The second-order valence-corrected chi connectivity index (χ2v) is 4.09. The van der Waals surface area contributed by atoms with Crippen molar-refractivity contribution in [2.75, 3.05) is 0 Å². The number of aryl methyl sites for hydroxylation is 1. The molecule has 0 bridgehead atoms. The molecule has 0 aliphatic carbocycles. The topological polar surface area (TPSA) is 30.7 Å². The number of rotatable bonds is 2. The van der Waals surface area contributed by atoms with Gasteiger partial charge in [0.25, 0.3) is 0 Å². The van der Waals surface area contributed by atoms with E-state index in [1.807, 2.05) is 31.6 Å². The summed E-state index contributed by atoms with van der Waals surface area (Å²) in [6.07, 6.45) is 5.66. The number of hydrogen-bond donors (Lipinski definition) is 0. The summed E-state index contributed by atoms with van der Waals surface area (Å²) in [5.41, 5.74) is 2.30. The van der Waals surface area contributed by atoms with Crippen LogP contribution in [0.5, 0.6) is 0 Å². The molecule has 2 aromatic heterocycles. The Morgan fingerprint density at radius 1 is 1.06 bits per heavy atom. The maximum absolute atomic E-state index is 4.46. The smallest absolute Gasteiger partial charge is 0.105 e. The SMILES string of the molecule is Cc1nccn1Cc1cccc2cccnc12. The molecule has 2 heterocycles. The molecule has 3 rings (SSSR count). The van der Waals surface area contributed by atoms with Gasteiger partial charge in [-0.05, 0) is 18.6 Å². The van der Waals surface area contributed by atoms with Crippen molar-refractivity contribution >= 4 is 10.9 Å². The largest absolute Gasteiger partial charge is 0.331 e. The molecule has 0 saturated heterocycles. The number of aromatic nitrogens is 3. The monoisotopic (exact) mass is 223 g/mol. The summed E-state index contributed by atoms with van der Waals surface area (Å²) in [6, 6.07) is 10.3. The van der Waals surface area contributed by atoms with Gasteiger partial charge in [-0.1, -0.05) is 24.3 Å². The summed E-state index contributed by atoms with van der Waals surface area (Å²) in [6.45, 7) is 2.83. The van der Waals surface area contributed by atoms with E-state index in [0.717, 1.165) is 17.9 Å². The van der Waals surface area contributed by atoms with Gasteiger partial charge in [-0.25, -0.2) is 4.98 Å². The van der Waals surface area contributed by atoms with Gasteiger partial charge in [-0.2, -0.15) is 0 Å². The molecule has 0 N–H and O–H groups in total. The first kappa shape index (κ1) is 10.0. The summed E-state index contributed by atoms with van der Waals surface area (Å²) in [4.78, 5) is 8.69. The zero-order chi connectivity index (χ0) is 11.7. The summed E-state index contributed by atoms with van der Waals surface area (Å²) in [5.74, 6) is 1.03. The Morgan fingerprint density at radius 3 is 2.76 bits per heavy atom. The normalized spacial score (nSPS) is 10.9. The van der Waals surface area contributed by atoms with E-state index < -0.39 is 0 Å². The lowest BCUT2D eigenvalue weighted by atomic mass is 10.1. The summed E-state index contributed by atoms with van der Waals surface area (Å²) < 4.78 is 2.13. The molecule has 3 aromatic rings. The second-order valence-electron chi connectivity index (χ2n) is 4.09. The second kappa shape index (κ2) is 4.01. The predicted molar refractivity (Wildman–Crippen MR) is 67.8 cm³/mol. The van der Waals surface area contributed by atoms with Gasteiger partial charge in [0.15, 0.2) is 0 Å². The van der Waals surface area contributed by atoms with Gasteiger partial charge >= 0.3 is 0 Å². The van der Waals surface area contributed by atoms with Crippen molar-refractivity contribution in [1.29, 1.82) is 0 Å². The van der Waals surface area contributed by atoms with Gasteiger partial charge in [0.2, 0.25) is 0 Å². The summed E-state index contributed by atoms with van der Waals surface area (Å²) in [5, 5.41) is 1.18. The molecule has 0 fully saturated rings. The van der Waals surface area contributed by atoms with Crippen LogP contribution in [0.1, 0.15) is 11.4 Å². The first-order valence-corrected chi connectivity index (χ1v) is 5.65. The van der Waals surface area contributed by atoms with E-state index in [0.29, 0.717) is 0 Å². The Labute approximate surface area is 99.8 Å². The van der Waals surface area contributed by atoms with E-state index in [4.69, 9.17) is 0 Å². The molecule has 0 atom stereocenters. The highest BCUT2D eigenvalue weighted by atomic mass is 15.0. The number of fused-ring (bicyclic) bond motifs is 1. The molecule has 17 heavy (non-hydrogen) atoms. The number of imidazole rings is 1. The van der Waals surface area contributed by atoms with Crippen molar-refractivity contribution in [3.8, 4) is 0 Å². The molecule has 0 saturated carbocycles. The Balaban J connectivity index is 2.09. The van der Waals surface area contributed by atoms with Crippen LogP contribution in [-0.4, -0.2) is 14.5 Å². The Morgan fingerprint density at radius 2 is 1.94 bits per heavy atom. The van der Waals surface area contributed by atoms with Crippen molar-refractivity contribution in [2.24, 2.45) is 0 Å². The highest BCUT2D eigenvalue weighted by Crippen LogP contribution is 2.17. The minimum atomic E-state index is 0.820. The summed E-state index contributed by atoms with van der Waals surface area (Å²) in [7, 11) is 0. The molecule has 84 valence electrons. The zero-order valence-electron chi connectivity index (χ0n) is 9.67. The minimum absolute atomic E-state index is 0.820. The number of nitrogens with zero attached hydrogens (tertiary/aromatic N) is 3. The third-order valence-corrected chi connectivity index (χ3v) is 2.98. The van der Waals surface area contributed by atoms with E-state index in [2.05, 4.69) is 38.8 Å². The maximum Gasteiger partial charge on any atom is 0.105 e. The van der Waals surface area contributed by atoms with E-state index in [-0.39, 0.29) is 0 Å². The standard InChI is InChI=1S/C14H13N3/c1-11-15-8-9-17(11)10-13-5-2-4-12-6-3-7-16-14(12)13/h2-9H,10H2,1H3. The predicted octanol–water partition coefficient (Wildman–Crippen LogP) is 2.79. The molecule has 3 nitrogen and oxygen atoms in total. The molecule has 0 unspecified atom stereocenters. The molecular formula is C14H13N3. The van der Waals surface area contributed by atoms with Crippen LogP contribution in [0, 0.1) is 6.92 Å². The van der Waals surface area contributed by atoms with E-state index in [1.165, 1.54) is 10.9 Å². The fraction of sp³-hybridized carbons (Fsp3) is 0.143. The number of pyridine rings is 1. The lowest BCUT2D eigenvalue weighted by molar-refractivity contribution is 0.765. The first-order valence-electron chi connectivity index (χ1n) is 5.65. The van der Waals surface area contributed by atoms with Crippen LogP contribution in [-0.2, 0) is 6.54 Å². The number of hydrogen-bond acceptors (Lipinski definition) is 2. The lowest BCUT2D eigenvalue weighted by Crippen LogP contribution is -2.01. The van der Waals surface area contributed by atoms with Crippen molar-refractivity contribution in [3.05, 3.63) is 60.3 Å².